The van der Waals surface area contributed by atoms with Crippen LogP contribution in [0.4, 0.5) is 0 Å². The van der Waals surface area contributed by atoms with Crippen molar-refractivity contribution in [3.63, 3.8) is 0 Å². The molecule has 0 saturated carbocycles. The van der Waals surface area contributed by atoms with Crippen molar-refractivity contribution in [2.75, 3.05) is 6.54 Å². The Bertz CT molecular complexity index is 385. The summed E-state index contributed by atoms with van der Waals surface area (Å²) in [5, 5.41) is 23.0. The van der Waals surface area contributed by atoms with Gasteiger partial charge in [-0.15, -0.1) is 0 Å². The first kappa shape index (κ1) is 19.4. The molecule has 0 unspecified atom stereocenters. The van der Waals surface area contributed by atoms with Crippen molar-refractivity contribution in [1.82, 2.24) is 5.32 Å². The van der Waals surface area contributed by atoms with Crippen LogP contribution >= 0.6 is 0 Å². The zero-order valence-electron chi connectivity index (χ0n) is 12.2. The van der Waals surface area contributed by atoms with Gasteiger partial charge < -0.3 is 20.3 Å². The molecule has 20 heavy (non-hydrogen) atoms. The third kappa shape index (κ3) is 9.37. The number of hydrogen-bond donors (Lipinski definition) is 2. The third-order valence-electron chi connectivity index (χ3n) is 3.04. The van der Waals surface area contributed by atoms with Gasteiger partial charge in [-0.1, -0.05) is 37.5 Å². The summed E-state index contributed by atoms with van der Waals surface area (Å²) in [5.41, 5.74) is 0.913. The van der Waals surface area contributed by atoms with Crippen LogP contribution < -0.4 is 40.0 Å². The third-order valence-corrected chi connectivity index (χ3v) is 3.04. The Labute approximate surface area is 142 Å². The first-order valence-electron chi connectivity index (χ1n) is 6.87. The number of benzene rings is 1. The molecule has 5 heteroatoms. The molecular weight excluding hydrogens is 265 g/mol. The van der Waals surface area contributed by atoms with E-state index in [1.54, 1.807) is 6.07 Å². The van der Waals surface area contributed by atoms with E-state index in [-0.39, 0.29) is 36.0 Å². The maximum absolute atomic E-state index is 10.2. The van der Waals surface area contributed by atoms with E-state index in [2.05, 4.69) is 5.32 Å². The second kappa shape index (κ2) is 12.2. The van der Waals surface area contributed by atoms with Crippen molar-refractivity contribution in [2.45, 2.75) is 45.1 Å². The number of hydrogen-bond acceptors (Lipinski definition) is 4. The van der Waals surface area contributed by atoms with Crippen molar-refractivity contribution in [1.29, 1.82) is 0 Å². The van der Waals surface area contributed by atoms with Crippen molar-refractivity contribution >= 4 is 5.97 Å². The Kier molecular flexibility index (Phi) is 11.9. The van der Waals surface area contributed by atoms with Crippen LogP contribution in [0.5, 0.6) is 5.75 Å². The number of para-hydroxylation sites is 1. The molecule has 0 amide bonds. The molecule has 0 radical (unpaired) electrons. The summed E-state index contributed by atoms with van der Waals surface area (Å²) < 4.78 is 0. The van der Waals surface area contributed by atoms with Crippen LogP contribution in [-0.2, 0) is 11.3 Å². The Balaban J connectivity index is 0.00000361. The molecule has 0 aliphatic heterocycles. The summed E-state index contributed by atoms with van der Waals surface area (Å²) in [7, 11) is 0. The van der Waals surface area contributed by atoms with E-state index in [4.69, 9.17) is 0 Å². The Morgan fingerprint density at radius 1 is 1.10 bits per heavy atom. The topological polar surface area (TPSA) is 72.4 Å². The zero-order chi connectivity index (χ0) is 13.9. The minimum absolute atomic E-state index is 0. The quantitative estimate of drug-likeness (QED) is 0.409. The average Bonchev–Trinajstić information content (AvgIpc) is 2.38. The molecule has 0 aliphatic carbocycles. The molecule has 0 heterocycles. The Hall–Kier alpha value is -0.550. The van der Waals surface area contributed by atoms with Gasteiger partial charge in [0.1, 0.15) is 5.75 Å². The first-order chi connectivity index (χ1) is 9.20. The van der Waals surface area contributed by atoms with Crippen molar-refractivity contribution < 1.29 is 44.6 Å². The van der Waals surface area contributed by atoms with Gasteiger partial charge in [0.15, 0.2) is 0 Å². The molecule has 0 spiro atoms. The van der Waals surface area contributed by atoms with E-state index in [0.29, 0.717) is 18.7 Å². The van der Waals surface area contributed by atoms with Gasteiger partial charge in [-0.2, -0.15) is 0 Å². The summed E-state index contributed by atoms with van der Waals surface area (Å²) in [6, 6.07) is 7.32. The summed E-state index contributed by atoms with van der Waals surface area (Å²) in [6.45, 7) is 1.59. The van der Waals surface area contributed by atoms with Gasteiger partial charge in [-0.3, -0.25) is 0 Å². The summed E-state index contributed by atoms with van der Waals surface area (Å²) >= 11 is 0. The first-order valence-corrected chi connectivity index (χ1v) is 6.87. The molecule has 2 N–H and O–H groups in total. The molecule has 0 atom stereocenters. The van der Waals surface area contributed by atoms with Crippen LogP contribution in [-0.4, -0.2) is 17.6 Å². The second-order valence-corrected chi connectivity index (χ2v) is 4.70. The summed E-state index contributed by atoms with van der Waals surface area (Å²) in [5.74, 6) is -0.624. The molecule has 1 aromatic carbocycles. The molecule has 0 bridgehead atoms. The van der Waals surface area contributed by atoms with Gasteiger partial charge in [0, 0.05) is 18.1 Å². The number of aromatic hydroxyl groups is 1. The number of nitrogens with one attached hydrogen (secondary N) is 1. The number of unbranched alkanes of at least 4 members (excludes halogenated alkanes) is 4. The predicted molar refractivity (Wildman–Crippen MR) is 72.5 cm³/mol. The number of carboxylic acids is 1. The number of carboxylic acid groups (broad SMARTS) is 1. The fourth-order valence-corrected chi connectivity index (χ4v) is 1.93. The number of carbonyl (C=O) groups excluding carboxylic acids is 1. The number of carbonyl (C=O) groups is 1. The van der Waals surface area contributed by atoms with Crippen LogP contribution in [0.3, 0.4) is 0 Å². The smallest absolute Gasteiger partial charge is 0.550 e. The monoisotopic (exact) mass is 287 g/mol. The summed E-state index contributed by atoms with van der Waals surface area (Å²) in [6.07, 6.45) is 5.07. The van der Waals surface area contributed by atoms with E-state index < -0.39 is 5.97 Å². The van der Waals surface area contributed by atoms with Gasteiger partial charge >= 0.3 is 29.6 Å². The molecule has 106 valence electrons. The molecular formula is C15H22NNaO3. The van der Waals surface area contributed by atoms with E-state index >= 15 is 0 Å². The van der Waals surface area contributed by atoms with Gasteiger partial charge in [-0.25, -0.2) is 0 Å². The Morgan fingerprint density at radius 2 is 1.75 bits per heavy atom. The van der Waals surface area contributed by atoms with Crippen molar-refractivity contribution in [3.05, 3.63) is 29.8 Å². The maximum atomic E-state index is 10.2. The van der Waals surface area contributed by atoms with Crippen LogP contribution in [0, 0.1) is 0 Å². The predicted octanol–water partition coefficient (Wildman–Crippen LogP) is -1.42. The van der Waals surface area contributed by atoms with Gasteiger partial charge in [-0.05, 0) is 31.9 Å². The van der Waals surface area contributed by atoms with Crippen LogP contribution in [0.15, 0.2) is 24.3 Å². The van der Waals surface area contributed by atoms with Gasteiger partial charge in [0.25, 0.3) is 0 Å². The second-order valence-electron chi connectivity index (χ2n) is 4.70. The van der Waals surface area contributed by atoms with Crippen LogP contribution in [0.1, 0.15) is 44.1 Å². The SMILES string of the molecule is O=C([O-])CCCCCCCNCc1ccccc1O.[Na+]. The molecule has 0 saturated heterocycles. The Morgan fingerprint density at radius 3 is 2.45 bits per heavy atom. The normalized spacial score (nSPS) is 10.0. The number of phenols is 1. The minimum Gasteiger partial charge on any atom is -0.550 e. The number of rotatable bonds is 10. The molecule has 0 aliphatic rings. The maximum Gasteiger partial charge on any atom is 1.00 e. The van der Waals surface area contributed by atoms with E-state index in [0.717, 1.165) is 37.8 Å². The largest absolute Gasteiger partial charge is 1.00 e. The standard InChI is InChI=1S/C15H23NO3.Na/c17-14-9-6-5-8-13(14)12-16-11-7-3-1-2-4-10-15(18)19;/h5-6,8-9,16-17H,1-4,7,10-12H2,(H,18,19);/q;+1/p-1. The molecule has 1 rings (SSSR count). The number of phenolic OH excluding ortho intramolecular Hbond substituents is 1. The van der Waals surface area contributed by atoms with E-state index in [1.165, 1.54) is 0 Å². The minimum atomic E-state index is -0.954. The average molecular weight is 287 g/mol. The zero-order valence-corrected chi connectivity index (χ0v) is 14.2. The molecule has 0 aromatic heterocycles. The fraction of sp³-hybridized carbons (Fsp3) is 0.533. The van der Waals surface area contributed by atoms with E-state index in [9.17, 15) is 15.0 Å². The van der Waals surface area contributed by atoms with Crippen LogP contribution in [0.25, 0.3) is 0 Å². The van der Waals surface area contributed by atoms with Crippen molar-refractivity contribution in [2.24, 2.45) is 0 Å². The molecule has 0 fully saturated rings. The van der Waals surface area contributed by atoms with Crippen LogP contribution in [0.2, 0.25) is 0 Å². The fourth-order valence-electron chi connectivity index (χ4n) is 1.93. The van der Waals surface area contributed by atoms with Gasteiger partial charge in [0.05, 0.1) is 0 Å². The van der Waals surface area contributed by atoms with Crippen molar-refractivity contribution in [3.8, 4) is 5.75 Å². The summed E-state index contributed by atoms with van der Waals surface area (Å²) in [4.78, 5) is 10.2. The molecule has 1 aromatic rings. The van der Waals surface area contributed by atoms with E-state index in [1.807, 2.05) is 18.2 Å². The van der Waals surface area contributed by atoms with Gasteiger partial charge in [0.2, 0.25) is 0 Å². The molecule has 4 nitrogen and oxygen atoms in total. The number of aliphatic carboxylic acids is 1.